The van der Waals surface area contributed by atoms with E-state index in [1.54, 1.807) is 30.5 Å². The van der Waals surface area contributed by atoms with Crippen molar-refractivity contribution in [3.8, 4) is 0 Å². The van der Waals surface area contributed by atoms with Crippen LogP contribution >= 0.6 is 0 Å². The van der Waals surface area contributed by atoms with Crippen LogP contribution in [0.5, 0.6) is 0 Å². The minimum absolute atomic E-state index is 0.0437. The molecular weight excluding hydrogens is 734 g/mol. The van der Waals surface area contributed by atoms with E-state index >= 15 is 0 Å². The number of aromatic nitrogens is 1. The van der Waals surface area contributed by atoms with Crippen molar-refractivity contribution in [2.75, 3.05) is 19.6 Å². The zero-order chi connectivity index (χ0) is 41.1. The summed E-state index contributed by atoms with van der Waals surface area (Å²) in [5.74, 6) is -4.58. The van der Waals surface area contributed by atoms with Gasteiger partial charge in [-0.05, 0) is 49.8 Å². The Kier molecular flexibility index (Phi) is 14.2. The molecule has 2 aromatic carbocycles. The first kappa shape index (κ1) is 41.7. The maximum absolute atomic E-state index is 14.3. The van der Waals surface area contributed by atoms with Gasteiger partial charge in [-0.15, -0.1) is 0 Å². The van der Waals surface area contributed by atoms with E-state index in [4.69, 9.17) is 11.5 Å². The first-order valence-electron chi connectivity index (χ1n) is 19.0. The van der Waals surface area contributed by atoms with Gasteiger partial charge in [0.15, 0.2) is 5.96 Å². The SMILES string of the molecule is CC(=O)N[C@@H](Cc1ccccc1)C(=O)NC1CNC(=O)[C@H](CCCN=C(N)N)NC(=O)[C@H](Cc2c[nH]c3ccccc23)NC(=O)[C@@H](C)NC(=O)C2CCCN2C1=O. The molecule has 2 aliphatic heterocycles. The van der Waals surface area contributed by atoms with Crippen molar-refractivity contribution < 1.29 is 33.6 Å². The van der Waals surface area contributed by atoms with Gasteiger partial charge in [-0.25, -0.2) is 0 Å². The highest BCUT2D eigenvalue weighted by Gasteiger charge is 2.40. The Morgan fingerprint density at radius 1 is 0.912 bits per heavy atom. The highest BCUT2D eigenvalue weighted by Crippen LogP contribution is 2.21. The highest BCUT2D eigenvalue weighted by molar-refractivity contribution is 5.98. The molecule has 2 unspecified atom stereocenters. The lowest BCUT2D eigenvalue weighted by molar-refractivity contribution is -0.142. The Hall–Kier alpha value is -6.46. The van der Waals surface area contributed by atoms with Crippen LogP contribution < -0.4 is 43.4 Å². The van der Waals surface area contributed by atoms with Crippen molar-refractivity contribution in [1.82, 2.24) is 41.8 Å². The second-order valence-electron chi connectivity index (χ2n) is 14.3. The summed E-state index contributed by atoms with van der Waals surface area (Å²) >= 11 is 0. The molecule has 3 aromatic rings. The van der Waals surface area contributed by atoms with Gasteiger partial charge in [0, 0.05) is 56.5 Å². The summed E-state index contributed by atoms with van der Waals surface area (Å²) in [6.07, 6.45) is 2.97. The number of nitrogens with zero attached hydrogens (tertiary/aromatic N) is 2. The fraction of sp³-hybridized carbons (Fsp3) is 0.436. The molecule has 0 bridgehead atoms. The minimum atomic E-state index is -1.39. The Morgan fingerprint density at radius 3 is 2.37 bits per heavy atom. The molecule has 3 heterocycles. The first-order valence-corrected chi connectivity index (χ1v) is 19.0. The number of hydrogen-bond acceptors (Lipinski definition) is 8. The molecule has 2 fully saturated rings. The van der Waals surface area contributed by atoms with E-state index in [0.29, 0.717) is 6.42 Å². The van der Waals surface area contributed by atoms with Crippen LogP contribution in [0.2, 0.25) is 0 Å². The van der Waals surface area contributed by atoms with E-state index in [-0.39, 0.29) is 51.2 Å². The van der Waals surface area contributed by atoms with Gasteiger partial charge in [0.25, 0.3) is 0 Å². The van der Waals surface area contributed by atoms with Gasteiger partial charge in [-0.3, -0.25) is 38.6 Å². The van der Waals surface area contributed by atoms with Crippen molar-refractivity contribution in [2.24, 2.45) is 16.5 Å². The molecule has 5 rings (SSSR count). The van der Waals surface area contributed by atoms with Crippen molar-refractivity contribution >= 4 is 58.2 Å². The fourth-order valence-electron chi connectivity index (χ4n) is 7.05. The molecule has 0 radical (unpaired) electrons. The predicted molar refractivity (Wildman–Crippen MR) is 211 cm³/mol. The molecular formula is C39H51N11O7. The molecule has 11 N–H and O–H groups in total. The summed E-state index contributed by atoms with van der Waals surface area (Å²) in [5, 5.41) is 17.1. The number of aliphatic imine (C=N–C) groups is 1. The topological polar surface area (TPSA) is 275 Å². The second kappa shape index (κ2) is 19.4. The smallest absolute Gasteiger partial charge is 0.247 e. The molecule has 18 nitrogen and oxygen atoms in total. The summed E-state index contributed by atoms with van der Waals surface area (Å²) in [5.41, 5.74) is 13.3. The van der Waals surface area contributed by atoms with E-state index in [9.17, 15) is 33.6 Å². The predicted octanol–water partition coefficient (Wildman–Crippen LogP) is -1.41. The van der Waals surface area contributed by atoms with Crippen molar-refractivity contribution in [2.45, 2.75) is 88.6 Å². The van der Waals surface area contributed by atoms with Crippen LogP contribution in [0.1, 0.15) is 50.7 Å². The van der Waals surface area contributed by atoms with Crippen molar-refractivity contribution in [3.05, 3.63) is 71.9 Å². The average molecular weight is 786 g/mol. The molecule has 0 saturated carbocycles. The van der Waals surface area contributed by atoms with Crippen molar-refractivity contribution in [3.63, 3.8) is 0 Å². The van der Waals surface area contributed by atoms with Crippen LogP contribution in [-0.4, -0.2) is 113 Å². The summed E-state index contributed by atoms with van der Waals surface area (Å²) in [7, 11) is 0. The van der Waals surface area contributed by atoms with Gasteiger partial charge in [-0.1, -0.05) is 48.5 Å². The molecule has 2 saturated heterocycles. The molecule has 304 valence electrons. The van der Waals surface area contributed by atoms with Crippen LogP contribution in [0.25, 0.3) is 10.9 Å². The molecule has 0 aliphatic carbocycles. The average Bonchev–Trinajstić information content (AvgIpc) is 3.84. The Labute approximate surface area is 329 Å². The Balaban J connectivity index is 1.46. The third kappa shape index (κ3) is 11.3. The zero-order valence-corrected chi connectivity index (χ0v) is 32.0. The number of carbonyl (C=O) groups excluding carboxylic acids is 7. The van der Waals surface area contributed by atoms with Crippen molar-refractivity contribution in [1.29, 1.82) is 0 Å². The Bertz CT molecular complexity index is 1980. The Morgan fingerprint density at radius 2 is 1.63 bits per heavy atom. The van der Waals surface area contributed by atoms with Crippen LogP contribution in [0, 0.1) is 0 Å². The maximum Gasteiger partial charge on any atom is 0.247 e. The number of nitrogens with two attached hydrogens (primary N) is 2. The lowest BCUT2D eigenvalue weighted by Gasteiger charge is -2.31. The molecule has 0 spiro atoms. The van der Waals surface area contributed by atoms with Gasteiger partial charge in [0.2, 0.25) is 41.4 Å². The molecule has 18 heteroatoms. The van der Waals surface area contributed by atoms with Gasteiger partial charge in [0.05, 0.1) is 0 Å². The molecule has 6 atom stereocenters. The minimum Gasteiger partial charge on any atom is -0.370 e. The van der Waals surface area contributed by atoms with Gasteiger partial charge >= 0.3 is 0 Å². The largest absolute Gasteiger partial charge is 0.370 e. The number of aromatic amines is 1. The number of para-hydroxylation sites is 1. The summed E-state index contributed by atoms with van der Waals surface area (Å²) < 4.78 is 0. The lowest BCUT2D eigenvalue weighted by atomic mass is 10.0. The number of benzene rings is 2. The van der Waals surface area contributed by atoms with E-state index in [0.717, 1.165) is 22.0 Å². The highest BCUT2D eigenvalue weighted by atomic mass is 16.2. The quantitative estimate of drug-likeness (QED) is 0.0627. The molecule has 2 aliphatic rings. The summed E-state index contributed by atoms with van der Waals surface area (Å²) in [6.45, 7) is 2.64. The van der Waals surface area contributed by atoms with E-state index in [2.05, 4.69) is 41.9 Å². The normalized spacial score (nSPS) is 22.7. The number of hydrogen-bond donors (Lipinski definition) is 9. The monoisotopic (exact) mass is 785 g/mol. The third-order valence-electron chi connectivity index (χ3n) is 9.97. The molecule has 57 heavy (non-hydrogen) atoms. The number of fused-ring (bicyclic) bond motifs is 2. The zero-order valence-electron chi connectivity index (χ0n) is 32.0. The first-order chi connectivity index (χ1) is 27.3. The van der Waals surface area contributed by atoms with E-state index in [1.165, 1.54) is 18.7 Å². The number of rotatable bonds is 11. The lowest BCUT2D eigenvalue weighted by Crippen LogP contribution is -2.62. The number of amides is 7. The number of guanidine groups is 1. The van der Waals surface area contributed by atoms with Crippen LogP contribution in [0.15, 0.2) is 65.8 Å². The summed E-state index contributed by atoms with van der Waals surface area (Å²) in [4.78, 5) is 104. The number of carbonyl (C=O) groups is 7. The van der Waals surface area contributed by atoms with Gasteiger partial charge in [-0.2, -0.15) is 0 Å². The fourth-order valence-corrected chi connectivity index (χ4v) is 7.05. The third-order valence-corrected chi connectivity index (χ3v) is 9.97. The molecule has 1 aromatic heterocycles. The number of nitrogens with one attached hydrogen (secondary N) is 7. The number of H-pyrrole nitrogens is 1. The standard InChI is InChI=1S/C39H51N11O7/c1-22-33(52)48-30(19-25-20-43-27-13-7-6-12-26(25)27)36(55)47-28(14-8-16-42-39(40)41)34(53)44-21-31(38(57)50-17-9-15-32(50)37(56)45-22)49-35(54)29(46-23(2)51)18-24-10-4-3-5-11-24/h3-7,10-13,20,22,28-32,43H,8-9,14-19,21H2,1-2H3,(H,44,53)(H,45,56)(H,46,51)(H,47,55)(H,48,52)(H,49,54)(H4,40,41,42)/t22-,28+,29+,30+,31?,32?/m1/s1. The van der Waals surface area contributed by atoms with Gasteiger partial charge < -0.3 is 53.3 Å². The molecule has 7 amide bonds. The van der Waals surface area contributed by atoms with Crippen LogP contribution in [-0.2, 0) is 46.4 Å². The van der Waals surface area contributed by atoms with Gasteiger partial charge in [0.1, 0.15) is 36.3 Å². The van der Waals surface area contributed by atoms with Crippen LogP contribution in [0.4, 0.5) is 0 Å². The van der Waals surface area contributed by atoms with Crippen LogP contribution in [0.3, 0.4) is 0 Å². The summed E-state index contributed by atoms with van der Waals surface area (Å²) in [6, 6.07) is 9.51. The second-order valence-corrected chi connectivity index (χ2v) is 14.3. The maximum atomic E-state index is 14.3. The van der Waals surface area contributed by atoms with E-state index in [1.807, 2.05) is 30.3 Å². The van der Waals surface area contributed by atoms with E-state index < -0.39 is 84.1 Å².